The molecule has 0 unspecified atom stereocenters. The highest BCUT2D eigenvalue weighted by molar-refractivity contribution is 5.76. The summed E-state index contributed by atoms with van der Waals surface area (Å²) < 4.78 is 0. The van der Waals surface area contributed by atoms with E-state index in [-0.39, 0.29) is 6.04 Å². The number of nitrogens with two attached hydrogens (primary N) is 1. The molecule has 2 fully saturated rings. The number of likely N-dealkylation sites (tertiary alicyclic amines) is 1. The van der Waals surface area contributed by atoms with Crippen LogP contribution in [0.2, 0.25) is 0 Å². The number of piperazine rings is 1. The Morgan fingerprint density at radius 3 is 1.97 bits per heavy atom. The first-order valence-corrected chi connectivity index (χ1v) is 12.7. The Balaban J connectivity index is 1.31. The van der Waals surface area contributed by atoms with Gasteiger partial charge in [0.05, 0.1) is 6.04 Å². The zero-order valence-electron chi connectivity index (χ0n) is 20.9. The molecule has 0 atom stereocenters. The molecule has 0 amide bonds. The van der Waals surface area contributed by atoms with Crippen LogP contribution in [0.3, 0.4) is 0 Å². The Morgan fingerprint density at radius 2 is 1.40 bits per heavy atom. The number of piperidine rings is 1. The predicted octanol–water partition coefficient (Wildman–Crippen LogP) is 3.50. The fraction of sp³-hybridized carbons (Fsp3) is 0.429. The van der Waals surface area contributed by atoms with Crippen LogP contribution >= 0.6 is 0 Å². The average molecular weight is 472 g/mol. The lowest BCUT2D eigenvalue weighted by molar-refractivity contribution is 0.212. The van der Waals surface area contributed by atoms with Crippen molar-refractivity contribution in [1.29, 1.82) is 0 Å². The van der Waals surface area contributed by atoms with Gasteiger partial charge in [0.25, 0.3) is 0 Å². The van der Waals surface area contributed by atoms with Gasteiger partial charge in [0.1, 0.15) is 12.0 Å². The van der Waals surface area contributed by atoms with Gasteiger partial charge >= 0.3 is 0 Å². The van der Waals surface area contributed by atoms with Gasteiger partial charge in [-0.25, -0.2) is 9.97 Å². The molecule has 7 nitrogen and oxygen atoms in total. The highest BCUT2D eigenvalue weighted by Gasteiger charge is 2.29. The Hall–Kier alpha value is -3.16. The summed E-state index contributed by atoms with van der Waals surface area (Å²) in [5.74, 6) is 1.73. The van der Waals surface area contributed by atoms with Crippen LogP contribution in [0.25, 0.3) is 0 Å². The lowest BCUT2D eigenvalue weighted by Gasteiger charge is -2.41. The molecule has 0 bridgehead atoms. The maximum atomic E-state index is 6.69. The molecule has 1 aromatic heterocycles. The largest absolute Gasteiger partial charge is 0.393 e. The van der Waals surface area contributed by atoms with Crippen LogP contribution in [-0.2, 0) is 0 Å². The van der Waals surface area contributed by atoms with Gasteiger partial charge in [0.2, 0.25) is 0 Å². The fourth-order valence-corrected chi connectivity index (χ4v) is 5.54. The second-order valence-corrected chi connectivity index (χ2v) is 9.83. The van der Waals surface area contributed by atoms with E-state index in [0.717, 1.165) is 63.7 Å². The van der Waals surface area contributed by atoms with Gasteiger partial charge in [-0.05, 0) is 44.1 Å². The van der Waals surface area contributed by atoms with E-state index >= 15 is 0 Å². The van der Waals surface area contributed by atoms with Gasteiger partial charge in [0, 0.05) is 39.3 Å². The number of rotatable bonds is 6. The van der Waals surface area contributed by atoms with Crippen molar-refractivity contribution < 1.29 is 0 Å². The molecule has 3 aromatic rings. The van der Waals surface area contributed by atoms with Crippen LogP contribution in [0.15, 0.2) is 67.0 Å². The molecule has 7 heteroatoms. The van der Waals surface area contributed by atoms with E-state index in [4.69, 9.17) is 5.73 Å². The van der Waals surface area contributed by atoms with E-state index in [0.29, 0.717) is 11.7 Å². The molecule has 2 saturated heterocycles. The standard InChI is InChI=1S/C28H37N7/c1-32-15-13-24(14-16-32)33(2)27-25(29)28(31-21-30-27)35-19-17-34(18-20-35)26(22-9-5-3-6-10-22)23-11-7-4-8-12-23/h3-12,21,24,26H,13-20,29H2,1-2H3. The molecule has 184 valence electrons. The van der Waals surface area contributed by atoms with Gasteiger partial charge in [-0.15, -0.1) is 0 Å². The van der Waals surface area contributed by atoms with Crippen LogP contribution in [0.5, 0.6) is 0 Å². The van der Waals surface area contributed by atoms with E-state index in [1.54, 1.807) is 6.33 Å². The topological polar surface area (TPSA) is 64.8 Å². The van der Waals surface area contributed by atoms with Gasteiger partial charge in [-0.1, -0.05) is 60.7 Å². The van der Waals surface area contributed by atoms with Crippen molar-refractivity contribution in [3.8, 4) is 0 Å². The van der Waals surface area contributed by atoms with E-state index in [1.165, 1.54) is 11.1 Å². The summed E-state index contributed by atoms with van der Waals surface area (Å²) in [5.41, 5.74) is 10.1. The second kappa shape index (κ2) is 10.6. The molecule has 0 radical (unpaired) electrons. The summed E-state index contributed by atoms with van der Waals surface area (Å²) in [6.07, 6.45) is 3.94. The number of benzene rings is 2. The van der Waals surface area contributed by atoms with Crippen molar-refractivity contribution >= 4 is 17.3 Å². The molecule has 2 N–H and O–H groups in total. The Labute approximate surface area is 209 Å². The number of aromatic nitrogens is 2. The van der Waals surface area contributed by atoms with Crippen molar-refractivity contribution in [3.05, 3.63) is 78.1 Å². The van der Waals surface area contributed by atoms with Crippen LogP contribution in [0, 0.1) is 0 Å². The van der Waals surface area contributed by atoms with Gasteiger partial charge < -0.3 is 20.4 Å². The molecule has 0 aliphatic carbocycles. The van der Waals surface area contributed by atoms with Crippen molar-refractivity contribution in [2.24, 2.45) is 0 Å². The second-order valence-electron chi connectivity index (χ2n) is 9.83. The molecule has 2 aliphatic heterocycles. The van der Waals surface area contributed by atoms with Gasteiger partial charge in [-0.2, -0.15) is 0 Å². The smallest absolute Gasteiger partial charge is 0.157 e. The third-order valence-electron chi connectivity index (χ3n) is 7.62. The number of anilines is 3. The maximum absolute atomic E-state index is 6.69. The third-order valence-corrected chi connectivity index (χ3v) is 7.62. The quantitative estimate of drug-likeness (QED) is 0.590. The highest BCUT2D eigenvalue weighted by atomic mass is 15.3. The van der Waals surface area contributed by atoms with E-state index in [2.05, 4.69) is 104 Å². The third kappa shape index (κ3) is 5.11. The van der Waals surface area contributed by atoms with Crippen LogP contribution in [0.4, 0.5) is 17.3 Å². The van der Waals surface area contributed by atoms with Crippen molar-refractivity contribution in [2.45, 2.75) is 24.9 Å². The number of nitrogen functional groups attached to an aromatic ring is 1. The first kappa shape index (κ1) is 23.6. The van der Waals surface area contributed by atoms with Gasteiger partial charge in [-0.3, -0.25) is 4.90 Å². The zero-order valence-corrected chi connectivity index (χ0v) is 20.9. The number of hydrogen-bond acceptors (Lipinski definition) is 7. The number of hydrogen-bond donors (Lipinski definition) is 1. The summed E-state index contributed by atoms with van der Waals surface area (Å²) in [6, 6.07) is 22.3. The molecule has 2 aliphatic rings. The SMILES string of the molecule is CN1CCC(N(C)c2ncnc(N3CCN(C(c4ccccc4)c4ccccc4)CC3)c2N)CC1. The summed E-state index contributed by atoms with van der Waals surface area (Å²) in [5, 5.41) is 0. The summed E-state index contributed by atoms with van der Waals surface area (Å²) >= 11 is 0. The zero-order chi connectivity index (χ0) is 24.2. The van der Waals surface area contributed by atoms with Crippen LogP contribution in [-0.4, -0.2) is 79.2 Å². The normalized spacial score (nSPS) is 18.2. The van der Waals surface area contributed by atoms with E-state index < -0.39 is 0 Å². The lowest BCUT2D eigenvalue weighted by atomic mass is 9.96. The van der Waals surface area contributed by atoms with E-state index in [9.17, 15) is 0 Å². The molecule has 2 aromatic carbocycles. The summed E-state index contributed by atoms with van der Waals surface area (Å²) in [4.78, 5) is 18.8. The molecule has 0 saturated carbocycles. The van der Waals surface area contributed by atoms with Crippen LogP contribution in [0.1, 0.15) is 30.0 Å². The first-order chi connectivity index (χ1) is 17.1. The van der Waals surface area contributed by atoms with Gasteiger partial charge in [0.15, 0.2) is 11.6 Å². The average Bonchev–Trinajstić information content (AvgIpc) is 2.91. The molecule has 5 rings (SSSR count). The molecular formula is C28H37N7. The minimum absolute atomic E-state index is 0.244. The minimum Gasteiger partial charge on any atom is -0.393 e. The molecular weight excluding hydrogens is 434 g/mol. The van der Waals surface area contributed by atoms with Crippen molar-refractivity contribution in [2.75, 3.05) is 68.9 Å². The summed E-state index contributed by atoms with van der Waals surface area (Å²) in [6.45, 7) is 5.87. The molecule has 0 spiro atoms. The predicted molar refractivity (Wildman–Crippen MR) is 144 cm³/mol. The van der Waals surface area contributed by atoms with Crippen molar-refractivity contribution in [1.82, 2.24) is 19.8 Å². The fourth-order valence-electron chi connectivity index (χ4n) is 5.54. The number of nitrogens with zero attached hydrogens (tertiary/aromatic N) is 6. The van der Waals surface area contributed by atoms with Crippen molar-refractivity contribution in [3.63, 3.8) is 0 Å². The highest BCUT2D eigenvalue weighted by Crippen LogP contribution is 2.34. The van der Waals surface area contributed by atoms with E-state index in [1.807, 2.05) is 0 Å². The Kier molecular flexibility index (Phi) is 7.16. The molecule has 35 heavy (non-hydrogen) atoms. The molecule has 3 heterocycles. The maximum Gasteiger partial charge on any atom is 0.157 e. The lowest BCUT2D eigenvalue weighted by Crippen LogP contribution is -2.48. The monoisotopic (exact) mass is 471 g/mol. The first-order valence-electron chi connectivity index (χ1n) is 12.7. The van der Waals surface area contributed by atoms with Crippen LogP contribution < -0.4 is 15.5 Å². The minimum atomic E-state index is 0.244. The Morgan fingerprint density at radius 1 is 0.829 bits per heavy atom. The summed E-state index contributed by atoms with van der Waals surface area (Å²) in [7, 11) is 4.31. The Bertz CT molecular complexity index is 1040.